The topological polar surface area (TPSA) is 62.4 Å². The van der Waals surface area contributed by atoms with Crippen molar-refractivity contribution in [3.63, 3.8) is 0 Å². The largest absolute Gasteiger partial charge is 0.396 e. The summed E-state index contributed by atoms with van der Waals surface area (Å²) in [6, 6.07) is 7.39. The van der Waals surface area contributed by atoms with Crippen LogP contribution >= 0.6 is 11.6 Å². The molecule has 1 atom stereocenters. The van der Waals surface area contributed by atoms with E-state index < -0.39 is 0 Å². The van der Waals surface area contributed by atoms with Crippen LogP contribution in [-0.2, 0) is 6.54 Å². The zero-order chi connectivity index (χ0) is 13.9. The van der Waals surface area contributed by atoms with E-state index in [-0.39, 0.29) is 6.61 Å². The molecule has 2 heterocycles. The first-order valence-corrected chi connectivity index (χ1v) is 7.04. The van der Waals surface area contributed by atoms with Crippen LogP contribution in [-0.4, -0.2) is 39.8 Å². The summed E-state index contributed by atoms with van der Waals surface area (Å²) in [5, 5.41) is 13.8. The Labute approximate surface area is 122 Å². The van der Waals surface area contributed by atoms with Crippen molar-refractivity contribution in [2.75, 3.05) is 19.7 Å². The molecule has 0 saturated carbocycles. The molecule has 2 aromatic rings. The number of aliphatic hydroxyl groups is 1. The van der Waals surface area contributed by atoms with Crippen LogP contribution in [0.2, 0.25) is 5.02 Å². The number of rotatable bonds is 4. The minimum absolute atomic E-state index is 0.244. The fourth-order valence-electron chi connectivity index (χ4n) is 2.46. The van der Waals surface area contributed by atoms with E-state index in [1.165, 1.54) is 0 Å². The summed E-state index contributed by atoms with van der Waals surface area (Å²) in [5.41, 5.74) is 0.849. The highest BCUT2D eigenvalue weighted by Crippen LogP contribution is 2.21. The number of likely N-dealkylation sites (tertiary alicyclic amines) is 1. The van der Waals surface area contributed by atoms with Crippen LogP contribution in [0.25, 0.3) is 11.4 Å². The van der Waals surface area contributed by atoms with Gasteiger partial charge in [0.2, 0.25) is 11.7 Å². The predicted molar refractivity (Wildman–Crippen MR) is 75.2 cm³/mol. The second-order valence-electron chi connectivity index (χ2n) is 5.09. The molecule has 3 rings (SSSR count). The van der Waals surface area contributed by atoms with Gasteiger partial charge in [-0.15, -0.1) is 0 Å². The molecule has 1 saturated heterocycles. The Bertz CT molecular complexity index is 587. The fourth-order valence-corrected chi connectivity index (χ4v) is 2.65. The van der Waals surface area contributed by atoms with Crippen molar-refractivity contribution >= 4 is 11.6 Å². The highest BCUT2D eigenvalue weighted by molar-refractivity contribution is 6.30. The zero-order valence-electron chi connectivity index (χ0n) is 11.0. The molecule has 0 aliphatic carbocycles. The first kappa shape index (κ1) is 13.5. The summed E-state index contributed by atoms with van der Waals surface area (Å²) in [6.07, 6.45) is 1.02. The maximum atomic E-state index is 9.14. The molecule has 0 spiro atoms. The number of halogens is 1. The molecule has 1 aliphatic heterocycles. The summed E-state index contributed by atoms with van der Waals surface area (Å²) in [4.78, 5) is 6.61. The SMILES string of the molecule is OCC1CCN(Cc2nc(-c3cccc(Cl)c3)no2)C1. The maximum absolute atomic E-state index is 9.14. The predicted octanol–water partition coefficient (Wildman–Crippen LogP) is 2.20. The van der Waals surface area contributed by atoms with Crippen LogP contribution in [0.3, 0.4) is 0 Å². The number of aromatic nitrogens is 2. The van der Waals surface area contributed by atoms with E-state index in [1.54, 1.807) is 0 Å². The highest BCUT2D eigenvalue weighted by atomic mass is 35.5. The molecule has 1 aliphatic rings. The molecule has 1 fully saturated rings. The lowest BCUT2D eigenvalue weighted by Crippen LogP contribution is -2.21. The first-order valence-electron chi connectivity index (χ1n) is 6.66. The number of hydrogen-bond acceptors (Lipinski definition) is 5. The van der Waals surface area contributed by atoms with E-state index in [1.807, 2.05) is 24.3 Å². The Morgan fingerprint density at radius 1 is 1.45 bits per heavy atom. The average Bonchev–Trinajstić information content (AvgIpc) is 3.08. The lowest BCUT2D eigenvalue weighted by atomic mass is 10.1. The number of nitrogens with zero attached hydrogens (tertiary/aromatic N) is 3. The number of hydrogen-bond donors (Lipinski definition) is 1. The van der Waals surface area contributed by atoms with Gasteiger partial charge in [-0.3, -0.25) is 4.90 Å². The summed E-state index contributed by atoms with van der Waals surface area (Å²) in [6.45, 7) is 2.71. The smallest absolute Gasteiger partial charge is 0.241 e. The maximum Gasteiger partial charge on any atom is 0.241 e. The lowest BCUT2D eigenvalue weighted by molar-refractivity contribution is 0.211. The van der Waals surface area contributed by atoms with Crippen molar-refractivity contribution in [1.82, 2.24) is 15.0 Å². The van der Waals surface area contributed by atoms with Gasteiger partial charge < -0.3 is 9.63 Å². The van der Waals surface area contributed by atoms with E-state index >= 15 is 0 Å². The molecule has 1 aromatic carbocycles. The third kappa shape index (κ3) is 3.00. The summed E-state index contributed by atoms with van der Waals surface area (Å²) < 4.78 is 5.28. The fraction of sp³-hybridized carbons (Fsp3) is 0.429. The molecule has 6 heteroatoms. The number of aliphatic hydroxyl groups excluding tert-OH is 1. The molecule has 0 bridgehead atoms. The van der Waals surface area contributed by atoms with Crippen LogP contribution < -0.4 is 0 Å². The third-order valence-corrected chi connectivity index (χ3v) is 3.77. The van der Waals surface area contributed by atoms with Crippen molar-refractivity contribution in [2.24, 2.45) is 5.92 Å². The van der Waals surface area contributed by atoms with Gasteiger partial charge in [-0.1, -0.05) is 28.9 Å². The van der Waals surface area contributed by atoms with Gasteiger partial charge in [0.15, 0.2) is 0 Å². The van der Waals surface area contributed by atoms with Gasteiger partial charge in [0.1, 0.15) is 0 Å². The molecule has 106 valence electrons. The van der Waals surface area contributed by atoms with Gasteiger partial charge in [0.05, 0.1) is 6.54 Å². The Kier molecular flexibility index (Phi) is 4.00. The van der Waals surface area contributed by atoms with Gasteiger partial charge in [-0.2, -0.15) is 4.98 Å². The minimum atomic E-state index is 0.244. The Balaban J connectivity index is 1.68. The van der Waals surface area contributed by atoms with Gasteiger partial charge in [0, 0.05) is 23.7 Å². The van der Waals surface area contributed by atoms with Crippen LogP contribution in [0.1, 0.15) is 12.3 Å². The normalized spacial score (nSPS) is 19.6. The molecule has 0 amide bonds. The van der Waals surface area contributed by atoms with Gasteiger partial charge >= 0.3 is 0 Å². The van der Waals surface area contributed by atoms with Crippen molar-refractivity contribution < 1.29 is 9.63 Å². The van der Waals surface area contributed by atoms with Crippen molar-refractivity contribution in [3.05, 3.63) is 35.2 Å². The van der Waals surface area contributed by atoms with E-state index in [0.717, 1.165) is 25.1 Å². The second kappa shape index (κ2) is 5.91. The lowest BCUT2D eigenvalue weighted by Gasteiger charge is -2.11. The monoisotopic (exact) mass is 293 g/mol. The molecular weight excluding hydrogens is 278 g/mol. The van der Waals surface area contributed by atoms with E-state index in [2.05, 4.69) is 15.0 Å². The van der Waals surface area contributed by atoms with Crippen LogP contribution in [0.5, 0.6) is 0 Å². The standard InChI is InChI=1S/C14H16ClN3O2/c15-12-3-1-2-11(6-12)14-16-13(20-17-14)8-18-5-4-10(7-18)9-19/h1-3,6,10,19H,4-5,7-9H2. The molecule has 1 N–H and O–H groups in total. The van der Waals surface area contributed by atoms with E-state index in [0.29, 0.717) is 29.2 Å². The Morgan fingerprint density at radius 3 is 3.10 bits per heavy atom. The molecule has 20 heavy (non-hydrogen) atoms. The van der Waals surface area contributed by atoms with E-state index in [9.17, 15) is 0 Å². The van der Waals surface area contributed by atoms with Crippen LogP contribution in [0.4, 0.5) is 0 Å². The summed E-state index contributed by atoms with van der Waals surface area (Å²) in [7, 11) is 0. The Hall–Kier alpha value is -1.43. The highest BCUT2D eigenvalue weighted by Gasteiger charge is 2.23. The zero-order valence-corrected chi connectivity index (χ0v) is 11.8. The quantitative estimate of drug-likeness (QED) is 0.936. The van der Waals surface area contributed by atoms with Crippen molar-refractivity contribution in [2.45, 2.75) is 13.0 Å². The molecule has 1 unspecified atom stereocenters. The summed E-state index contributed by atoms with van der Waals surface area (Å²) >= 11 is 5.95. The van der Waals surface area contributed by atoms with Gasteiger partial charge in [-0.05, 0) is 31.0 Å². The molecule has 1 aromatic heterocycles. The Morgan fingerprint density at radius 2 is 2.35 bits per heavy atom. The molecular formula is C14H16ClN3O2. The molecule has 0 radical (unpaired) electrons. The average molecular weight is 294 g/mol. The van der Waals surface area contributed by atoms with Crippen LogP contribution in [0, 0.1) is 5.92 Å². The van der Waals surface area contributed by atoms with Crippen molar-refractivity contribution in [1.29, 1.82) is 0 Å². The summed E-state index contributed by atoms with van der Waals surface area (Å²) in [5.74, 6) is 1.52. The first-order chi connectivity index (χ1) is 9.74. The van der Waals surface area contributed by atoms with Crippen molar-refractivity contribution in [3.8, 4) is 11.4 Å². The minimum Gasteiger partial charge on any atom is -0.396 e. The van der Waals surface area contributed by atoms with E-state index in [4.69, 9.17) is 21.2 Å². The third-order valence-electron chi connectivity index (χ3n) is 3.54. The van der Waals surface area contributed by atoms with Gasteiger partial charge in [-0.25, -0.2) is 0 Å². The van der Waals surface area contributed by atoms with Gasteiger partial charge in [0.25, 0.3) is 0 Å². The molecule has 5 nitrogen and oxygen atoms in total. The number of benzene rings is 1. The van der Waals surface area contributed by atoms with Crippen LogP contribution in [0.15, 0.2) is 28.8 Å². The second-order valence-corrected chi connectivity index (χ2v) is 5.53.